The van der Waals surface area contributed by atoms with Gasteiger partial charge in [-0.15, -0.1) is 0 Å². The van der Waals surface area contributed by atoms with Crippen LogP contribution in [0.1, 0.15) is 0 Å². The molecule has 0 saturated carbocycles. The smallest absolute Gasteiger partial charge is 0.0702 e. The minimum absolute atomic E-state index is 0.618. The molecule has 0 bridgehead atoms. The van der Waals surface area contributed by atoms with Gasteiger partial charge in [-0.3, -0.25) is 0 Å². The minimum Gasteiger partial charge on any atom is -0.397 e. The van der Waals surface area contributed by atoms with Crippen molar-refractivity contribution in [3.05, 3.63) is 20.2 Å². The number of nitrogens with two attached hydrogens (primary N) is 2. The van der Waals surface area contributed by atoms with Crippen LogP contribution in [-0.4, -0.2) is 0 Å². The van der Waals surface area contributed by atoms with Gasteiger partial charge < -0.3 is 11.5 Å². The zero-order chi connectivity index (χ0) is 7.72. The summed E-state index contributed by atoms with van der Waals surface area (Å²) in [6.45, 7) is 0. The monoisotopic (exact) mass is 312 g/mol. The van der Waals surface area contributed by atoms with E-state index < -0.39 is 0 Å². The Morgan fingerprint density at radius 2 is 1.90 bits per heavy atom. The second-order valence-electron chi connectivity index (χ2n) is 1.86. The van der Waals surface area contributed by atoms with Gasteiger partial charge in [0, 0.05) is 3.57 Å². The lowest BCUT2D eigenvalue weighted by Crippen LogP contribution is -1.96. The number of halogens is 2. The van der Waals surface area contributed by atoms with E-state index in [1.54, 1.807) is 6.07 Å². The van der Waals surface area contributed by atoms with Gasteiger partial charge in [-0.2, -0.15) is 0 Å². The molecule has 4 N–H and O–H groups in total. The Kier molecular flexibility index (Phi) is 2.40. The molecule has 0 atom stereocenters. The number of hydrogen-bond donors (Lipinski definition) is 2. The van der Waals surface area contributed by atoms with Gasteiger partial charge in [0.05, 0.1) is 15.8 Å². The van der Waals surface area contributed by atoms with Crippen LogP contribution in [0.3, 0.4) is 0 Å². The van der Waals surface area contributed by atoms with E-state index in [1.807, 2.05) is 6.07 Å². The number of anilines is 2. The molecule has 0 unspecified atom stereocenters. The first-order valence-electron chi connectivity index (χ1n) is 2.62. The Hall–Kier alpha value is 0.0300. The highest BCUT2D eigenvalue weighted by atomic mass is 127. The summed E-state index contributed by atoms with van der Waals surface area (Å²) in [5.41, 5.74) is 12.4. The lowest BCUT2D eigenvalue weighted by atomic mass is 10.3. The Balaban J connectivity index is 3.34. The van der Waals surface area contributed by atoms with Crippen LogP contribution in [0.5, 0.6) is 0 Å². The van der Waals surface area contributed by atoms with Gasteiger partial charge >= 0.3 is 0 Å². The van der Waals surface area contributed by atoms with E-state index in [0.29, 0.717) is 11.4 Å². The molecule has 0 fully saturated rings. The van der Waals surface area contributed by atoms with E-state index in [4.69, 9.17) is 11.5 Å². The predicted octanol–water partition coefficient (Wildman–Crippen LogP) is 2.22. The molecule has 1 aromatic rings. The van der Waals surface area contributed by atoms with Crippen molar-refractivity contribution >= 4 is 49.9 Å². The quantitative estimate of drug-likeness (QED) is 0.570. The highest BCUT2D eigenvalue weighted by molar-refractivity contribution is 14.1. The highest BCUT2D eigenvalue weighted by Gasteiger charge is 2.02. The van der Waals surface area contributed by atoms with Gasteiger partial charge in [-0.05, 0) is 50.7 Å². The molecular weight excluding hydrogens is 307 g/mol. The first kappa shape index (κ1) is 8.13. The summed E-state index contributed by atoms with van der Waals surface area (Å²) in [5.74, 6) is 0. The van der Waals surface area contributed by atoms with E-state index in [9.17, 15) is 0 Å². The normalized spacial score (nSPS) is 9.80. The molecule has 0 aliphatic carbocycles. The molecule has 10 heavy (non-hydrogen) atoms. The van der Waals surface area contributed by atoms with Crippen LogP contribution in [0.2, 0.25) is 0 Å². The lowest BCUT2D eigenvalue weighted by molar-refractivity contribution is 1.57. The van der Waals surface area contributed by atoms with Crippen LogP contribution >= 0.6 is 38.5 Å². The Bertz CT molecular complexity index is 235. The van der Waals surface area contributed by atoms with Gasteiger partial charge in [0.15, 0.2) is 0 Å². The average Bonchev–Trinajstić information content (AvgIpc) is 1.93. The second kappa shape index (κ2) is 2.96. The second-order valence-corrected chi connectivity index (χ2v) is 3.82. The van der Waals surface area contributed by atoms with E-state index in [0.717, 1.165) is 8.04 Å². The first-order valence-corrected chi connectivity index (χ1v) is 4.49. The SMILES string of the molecule is Nc1ccc(I)c(Br)c1N. The van der Waals surface area contributed by atoms with Crippen molar-refractivity contribution in [2.24, 2.45) is 0 Å². The molecule has 4 heteroatoms. The molecule has 54 valence electrons. The van der Waals surface area contributed by atoms with Crippen LogP contribution in [0.15, 0.2) is 16.6 Å². The predicted molar refractivity (Wildman–Crippen MR) is 55.7 cm³/mol. The van der Waals surface area contributed by atoms with Gasteiger partial charge in [0.1, 0.15) is 0 Å². The summed E-state index contributed by atoms with van der Waals surface area (Å²) in [7, 11) is 0. The standard InChI is InChI=1S/C6H6BrIN2/c7-5-3(8)1-2-4(9)6(5)10/h1-2H,9-10H2. The largest absolute Gasteiger partial charge is 0.397 e. The fourth-order valence-corrected chi connectivity index (χ4v) is 1.41. The van der Waals surface area contributed by atoms with Crippen LogP contribution in [0, 0.1) is 3.57 Å². The third-order valence-corrected chi connectivity index (χ3v) is 3.66. The Labute approximate surface area is 81.2 Å². The number of nitrogen functional groups attached to an aromatic ring is 2. The fraction of sp³-hybridized carbons (Fsp3) is 0. The summed E-state index contributed by atoms with van der Waals surface area (Å²) in [5, 5.41) is 0. The summed E-state index contributed by atoms with van der Waals surface area (Å²) in [4.78, 5) is 0. The van der Waals surface area contributed by atoms with Gasteiger partial charge in [-0.25, -0.2) is 0 Å². The number of rotatable bonds is 0. The first-order chi connectivity index (χ1) is 4.63. The van der Waals surface area contributed by atoms with Crippen molar-refractivity contribution in [1.29, 1.82) is 0 Å². The molecule has 0 radical (unpaired) electrons. The van der Waals surface area contributed by atoms with Gasteiger partial charge in [0.25, 0.3) is 0 Å². The van der Waals surface area contributed by atoms with E-state index in [2.05, 4.69) is 38.5 Å². The highest BCUT2D eigenvalue weighted by Crippen LogP contribution is 2.29. The molecule has 0 aliphatic rings. The maximum Gasteiger partial charge on any atom is 0.0702 e. The number of hydrogen-bond acceptors (Lipinski definition) is 2. The molecule has 0 amide bonds. The van der Waals surface area contributed by atoms with Crippen LogP contribution in [0.25, 0.3) is 0 Å². The molecule has 2 nitrogen and oxygen atoms in total. The molecule has 1 aromatic carbocycles. The third-order valence-electron chi connectivity index (χ3n) is 1.17. The minimum atomic E-state index is 0.618. The molecule has 0 saturated heterocycles. The summed E-state index contributed by atoms with van der Waals surface area (Å²) in [6.07, 6.45) is 0. The van der Waals surface area contributed by atoms with Crippen molar-refractivity contribution in [3.63, 3.8) is 0 Å². The van der Waals surface area contributed by atoms with Crippen molar-refractivity contribution in [1.82, 2.24) is 0 Å². The topological polar surface area (TPSA) is 52.0 Å². The molecule has 0 aliphatic heterocycles. The molecule has 1 rings (SSSR count). The maximum absolute atomic E-state index is 5.61. The van der Waals surface area contributed by atoms with Crippen LogP contribution < -0.4 is 11.5 Å². The fourth-order valence-electron chi connectivity index (χ4n) is 0.581. The molecule has 0 heterocycles. The van der Waals surface area contributed by atoms with Gasteiger partial charge in [-0.1, -0.05) is 0 Å². The van der Waals surface area contributed by atoms with E-state index in [1.165, 1.54) is 0 Å². The molecule has 0 spiro atoms. The van der Waals surface area contributed by atoms with Crippen LogP contribution in [0.4, 0.5) is 11.4 Å². The Morgan fingerprint density at radius 1 is 1.30 bits per heavy atom. The van der Waals surface area contributed by atoms with E-state index in [-0.39, 0.29) is 0 Å². The lowest BCUT2D eigenvalue weighted by Gasteiger charge is -2.02. The summed E-state index contributed by atoms with van der Waals surface area (Å²) in [6, 6.07) is 3.71. The zero-order valence-electron chi connectivity index (χ0n) is 5.07. The van der Waals surface area contributed by atoms with E-state index >= 15 is 0 Å². The average molecular weight is 313 g/mol. The summed E-state index contributed by atoms with van der Waals surface area (Å²) < 4.78 is 1.96. The van der Waals surface area contributed by atoms with Crippen molar-refractivity contribution < 1.29 is 0 Å². The summed E-state index contributed by atoms with van der Waals surface area (Å²) >= 11 is 5.50. The third kappa shape index (κ3) is 1.37. The Morgan fingerprint density at radius 3 is 2.40 bits per heavy atom. The van der Waals surface area contributed by atoms with Crippen molar-refractivity contribution in [2.75, 3.05) is 11.5 Å². The van der Waals surface area contributed by atoms with Gasteiger partial charge in [0.2, 0.25) is 0 Å². The number of benzene rings is 1. The van der Waals surface area contributed by atoms with Crippen molar-refractivity contribution in [3.8, 4) is 0 Å². The zero-order valence-corrected chi connectivity index (χ0v) is 8.81. The van der Waals surface area contributed by atoms with Crippen LogP contribution in [-0.2, 0) is 0 Å². The maximum atomic E-state index is 5.61. The molecular formula is C6H6BrIN2. The molecule has 0 aromatic heterocycles. The van der Waals surface area contributed by atoms with Crippen molar-refractivity contribution in [2.45, 2.75) is 0 Å².